The second-order valence-corrected chi connectivity index (χ2v) is 9.68. The van der Waals surface area contributed by atoms with E-state index in [1.807, 2.05) is 36.1 Å². The predicted molar refractivity (Wildman–Crippen MR) is 123 cm³/mol. The molecule has 1 fully saturated rings. The maximum absolute atomic E-state index is 13.3. The van der Waals surface area contributed by atoms with Gasteiger partial charge in [0, 0.05) is 19.6 Å². The molecule has 0 saturated carbocycles. The first-order valence-electron chi connectivity index (χ1n) is 11.3. The molecule has 6 heteroatoms. The van der Waals surface area contributed by atoms with Crippen molar-refractivity contribution in [3.05, 3.63) is 46.3 Å². The summed E-state index contributed by atoms with van der Waals surface area (Å²) in [7, 11) is 0. The number of piperidine rings is 1. The molecule has 1 atom stereocenters. The third-order valence-electron chi connectivity index (χ3n) is 6.17. The summed E-state index contributed by atoms with van der Waals surface area (Å²) in [5.74, 6) is 0.156. The molecular formula is C24H31N3O2S. The third-order valence-corrected chi connectivity index (χ3v) is 7.24. The van der Waals surface area contributed by atoms with E-state index in [1.165, 1.54) is 36.6 Å². The minimum absolute atomic E-state index is 0.00266. The molecule has 1 aromatic carbocycles. The first-order chi connectivity index (χ1) is 14.6. The lowest BCUT2D eigenvalue weighted by Crippen LogP contribution is -2.40. The molecule has 30 heavy (non-hydrogen) atoms. The number of benzene rings is 1. The van der Waals surface area contributed by atoms with Crippen LogP contribution in [0.1, 0.15) is 58.3 Å². The monoisotopic (exact) mass is 425 g/mol. The maximum atomic E-state index is 13.3. The Labute approximate surface area is 182 Å². The predicted octanol–water partition coefficient (Wildman–Crippen LogP) is 4.78. The Hall–Kier alpha value is -2.08. The molecule has 1 aliphatic heterocycles. The summed E-state index contributed by atoms with van der Waals surface area (Å²) in [6.07, 6.45) is 11.3. The number of thioether (sulfide) groups is 1. The lowest BCUT2D eigenvalue weighted by molar-refractivity contribution is -0.131. The van der Waals surface area contributed by atoms with Gasteiger partial charge in [0.15, 0.2) is 5.16 Å². The minimum Gasteiger partial charge on any atom is -0.342 e. The van der Waals surface area contributed by atoms with E-state index >= 15 is 0 Å². The van der Waals surface area contributed by atoms with Gasteiger partial charge >= 0.3 is 0 Å². The Morgan fingerprint density at radius 2 is 1.93 bits per heavy atom. The number of allylic oxidation sites excluding steroid dienone is 2. The maximum Gasteiger partial charge on any atom is 0.262 e. The number of rotatable bonds is 6. The number of aromatic nitrogens is 2. The quantitative estimate of drug-likeness (QED) is 0.380. The SMILES string of the molecule is C[C@H](Sc1nc2ccccc2c(=O)n1CCC1=CCCCC1)C(=O)N1CCCCC1. The van der Waals surface area contributed by atoms with Crippen LogP contribution in [0.3, 0.4) is 0 Å². The molecule has 5 nitrogen and oxygen atoms in total. The summed E-state index contributed by atoms with van der Waals surface area (Å²) >= 11 is 1.43. The van der Waals surface area contributed by atoms with E-state index in [0.717, 1.165) is 45.2 Å². The molecule has 0 N–H and O–H groups in total. The molecule has 0 unspecified atom stereocenters. The largest absolute Gasteiger partial charge is 0.342 e. The molecule has 0 bridgehead atoms. The number of nitrogens with zero attached hydrogens (tertiary/aromatic N) is 3. The Morgan fingerprint density at radius 1 is 1.13 bits per heavy atom. The molecule has 4 rings (SSSR count). The van der Waals surface area contributed by atoms with E-state index in [9.17, 15) is 9.59 Å². The fraction of sp³-hybridized carbons (Fsp3) is 0.542. The van der Waals surface area contributed by atoms with Crippen LogP contribution in [0.4, 0.5) is 0 Å². The van der Waals surface area contributed by atoms with Crippen LogP contribution in [0.5, 0.6) is 0 Å². The highest BCUT2D eigenvalue weighted by Gasteiger charge is 2.25. The molecule has 1 amide bonds. The zero-order valence-electron chi connectivity index (χ0n) is 17.8. The zero-order valence-corrected chi connectivity index (χ0v) is 18.6. The first kappa shape index (κ1) is 21.2. The molecule has 2 heterocycles. The van der Waals surface area contributed by atoms with Crippen LogP contribution in [0, 0.1) is 0 Å². The summed E-state index contributed by atoms with van der Waals surface area (Å²) in [4.78, 5) is 33.0. The van der Waals surface area contributed by atoms with Gasteiger partial charge in [-0.05, 0) is 70.4 Å². The average molecular weight is 426 g/mol. The highest BCUT2D eigenvalue weighted by Crippen LogP contribution is 2.26. The molecule has 2 aliphatic rings. The number of hydrogen-bond donors (Lipinski definition) is 0. The molecule has 0 spiro atoms. The molecule has 2 aromatic rings. The number of hydrogen-bond acceptors (Lipinski definition) is 4. The van der Waals surface area contributed by atoms with Gasteiger partial charge in [-0.2, -0.15) is 0 Å². The summed E-state index contributed by atoms with van der Waals surface area (Å²) in [6, 6.07) is 7.52. The van der Waals surface area contributed by atoms with E-state index in [0.29, 0.717) is 22.6 Å². The average Bonchev–Trinajstić information content (AvgIpc) is 2.79. The second kappa shape index (κ2) is 9.82. The fourth-order valence-electron chi connectivity index (χ4n) is 4.40. The van der Waals surface area contributed by atoms with E-state index < -0.39 is 0 Å². The van der Waals surface area contributed by atoms with Gasteiger partial charge in [-0.25, -0.2) is 4.98 Å². The van der Waals surface area contributed by atoms with Gasteiger partial charge in [0.05, 0.1) is 16.2 Å². The van der Waals surface area contributed by atoms with Gasteiger partial charge in [-0.15, -0.1) is 0 Å². The summed E-state index contributed by atoms with van der Waals surface area (Å²) in [6.45, 7) is 4.25. The molecule has 1 aromatic heterocycles. The van der Waals surface area contributed by atoms with Crippen LogP contribution in [0.2, 0.25) is 0 Å². The van der Waals surface area contributed by atoms with Crippen LogP contribution in [-0.4, -0.2) is 38.7 Å². The number of carbonyl (C=O) groups excluding carboxylic acids is 1. The van der Waals surface area contributed by atoms with Crippen molar-refractivity contribution in [3.63, 3.8) is 0 Å². The van der Waals surface area contributed by atoms with Gasteiger partial charge in [0.25, 0.3) is 5.56 Å². The van der Waals surface area contributed by atoms with E-state index in [1.54, 1.807) is 4.57 Å². The van der Waals surface area contributed by atoms with Crippen LogP contribution >= 0.6 is 11.8 Å². The van der Waals surface area contributed by atoms with Crippen molar-refractivity contribution in [2.24, 2.45) is 0 Å². The first-order valence-corrected chi connectivity index (χ1v) is 12.1. The fourth-order valence-corrected chi connectivity index (χ4v) is 5.42. The normalized spacial score (nSPS) is 18.3. The van der Waals surface area contributed by atoms with Crippen LogP contribution in [-0.2, 0) is 11.3 Å². The number of likely N-dealkylation sites (tertiary alicyclic amines) is 1. The standard InChI is InChI=1S/C24H31N3O2S/c1-18(22(28)26-15-8-3-9-16-26)30-24-25-21-13-7-6-12-20(21)23(29)27(24)17-14-19-10-4-2-5-11-19/h6-7,10,12-13,18H,2-5,8-9,11,14-17H2,1H3/t18-/m0/s1. The van der Waals surface area contributed by atoms with Crippen molar-refractivity contribution in [2.45, 2.75) is 75.2 Å². The smallest absolute Gasteiger partial charge is 0.262 e. The highest BCUT2D eigenvalue weighted by atomic mass is 32.2. The summed E-state index contributed by atoms with van der Waals surface area (Å²) in [5, 5.41) is 1.05. The Bertz CT molecular complexity index is 992. The molecule has 160 valence electrons. The third kappa shape index (κ3) is 4.80. The van der Waals surface area contributed by atoms with Gasteiger partial charge in [-0.1, -0.05) is 35.5 Å². The second-order valence-electron chi connectivity index (χ2n) is 8.37. The van der Waals surface area contributed by atoms with Gasteiger partial charge in [0.1, 0.15) is 0 Å². The number of amides is 1. The van der Waals surface area contributed by atoms with Gasteiger partial charge < -0.3 is 4.90 Å². The number of carbonyl (C=O) groups is 1. The molecule has 1 saturated heterocycles. The molecule has 1 aliphatic carbocycles. The van der Waals surface area contributed by atoms with Crippen molar-refractivity contribution in [1.82, 2.24) is 14.5 Å². The van der Waals surface area contributed by atoms with Crippen LogP contribution in [0.15, 0.2) is 45.9 Å². The highest BCUT2D eigenvalue weighted by molar-refractivity contribution is 8.00. The number of para-hydroxylation sites is 1. The number of fused-ring (bicyclic) bond motifs is 1. The van der Waals surface area contributed by atoms with E-state index in [-0.39, 0.29) is 16.7 Å². The van der Waals surface area contributed by atoms with Crippen molar-refractivity contribution >= 4 is 28.6 Å². The van der Waals surface area contributed by atoms with Crippen molar-refractivity contribution in [1.29, 1.82) is 0 Å². The van der Waals surface area contributed by atoms with Crippen LogP contribution in [0.25, 0.3) is 10.9 Å². The van der Waals surface area contributed by atoms with Gasteiger partial charge in [0.2, 0.25) is 5.91 Å². The Morgan fingerprint density at radius 3 is 2.70 bits per heavy atom. The topological polar surface area (TPSA) is 55.2 Å². The summed E-state index contributed by atoms with van der Waals surface area (Å²) < 4.78 is 1.79. The molecular weight excluding hydrogens is 394 g/mol. The zero-order chi connectivity index (χ0) is 20.9. The Kier molecular flexibility index (Phi) is 6.93. The lowest BCUT2D eigenvalue weighted by atomic mass is 9.97. The van der Waals surface area contributed by atoms with Gasteiger partial charge in [-0.3, -0.25) is 14.2 Å². The van der Waals surface area contributed by atoms with Crippen LogP contribution < -0.4 is 5.56 Å². The minimum atomic E-state index is -0.253. The van der Waals surface area contributed by atoms with E-state index in [2.05, 4.69) is 6.08 Å². The van der Waals surface area contributed by atoms with E-state index in [4.69, 9.17) is 4.98 Å². The van der Waals surface area contributed by atoms with Crippen molar-refractivity contribution in [3.8, 4) is 0 Å². The molecule has 0 radical (unpaired) electrons. The summed E-state index contributed by atoms with van der Waals surface area (Å²) in [5.41, 5.74) is 2.14. The van der Waals surface area contributed by atoms with Crippen molar-refractivity contribution in [2.75, 3.05) is 13.1 Å². The lowest BCUT2D eigenvalue weighted by Gasteiger charge is -2.29. The van der Waals surface area contributed by atoms with Crippen molar-refractivity contribution < 1.29 is 4.79 Å². The Balaban J connectivity index is 1.60.